The van der Waals surface area contributed by atoms with E-state index in [-0.39, 0.29) is 0 Å². The van der Waals surface area contributed by atoms with Gasteiger partial charge >= 0.3 is 6.33 Å². The van der Waals surface area contributed by atoms with Gasteiger partial charge in [-0.3, -0.25) is 0 Å². The summed E-state index contributed by atoms with van der Waals surface area (Å²) in [6.07, 6.45) is 5.39. The number of allylic oxidation sites excluding steroid dienone is 1. The minimum Gasteiger partial charge on any atom is -0.153 e. The largest absolute Gasteiger partial charge is 0.307 e. The van der Waals surface area contributed by atoms with Crippen LogP contribution in [0.4, 0.5) is 0 Å². The maximum absolute atomic E-state index is 4.95. The topological polar surface area (TPSA) is 21.7 Å². The van der Waals surface area contributed by atoms with Crippen LogP contribution in [0.5, 0.6) is 0 Å². The van der Waals surface area contributed by atoms with E-state index in [9.17, 15) is 0 Å². The fourth-order valence-electron chi connectivity index (χ4n) is 0.879. The van der Waals surface area contributed by atoms with Crippen molar-refractivity contribution in [2.75, 3.05) is 0 Å². The van der Waals surface area contributed by atoms with Crippen molar-refractivity contribution in [2.24, 2.45) is 0 Å². The summed E-state index contributed by atoms with van der Waals surface area (Å²) >= 11 is 4.95. The third-order valence-corrected chi connectivity index (χ3v) is 1.51. The number of nitrogens with zero attached hydrogens (tertiary/aromatic N) is 3. The zero-order valence-corrected chi connectivity index (χ0v) is 5.51. The molecule has 2 heterocycles. The van der Waals surface area contributed by atoms with Crippen molar-refractivity contribution in [3.8, 4) is 0 Å². The minimum absolute atomic E-state index is 0.801. The Balaban J connectivity index is 2.55. The smallest absolute Gasteiger partial charge is 0.153 e. The fraction of sp³-hybridized carbons (Fsp3) is 0.200. The van der Waals surface area contributed by atoms with E-state index in [0.29, 0.717) is 0 Å². The van der Waals surface area contributed by atoms with Crippen LogP contribution in [0.3, 0.4) is 0 Å². The van der Waals surface area contributed by atoms with Crippen molar-refractivity contribution in [1.82, 2.24) is 9.67 Å². The van der Waals surface area contributed by atoms with Gasteiger partial charge in [0.25, 0.3) is 0 Å². The van der Waals surface area contributed by atoms with E-state index >= 15 is 0 Å². The van der Waals surface area contributed by atoms with Gasteiger partial charge in [-0.1, -0.05) is 12.6 Å². The maximum atomic E-state index is 4.95. The lowest BCUT2D eigenvalue weighted by molar-refractivity contribution is -0.751. The monoisotopic (exact) mass is 139 g/mol. The Hall–Kier alpha value is -0.900. The second-order valence-electron chi connectivity index (χ2n) is 1.95. The highest BCUT2D eigenvalue weighted by molar-refractivity contribution is 7.84. The molecule has 0 aliphatic carbocycles. The van der Waals surface area contributed by atoms with Gasteiger partial charge in [0.15, 0.2) is 0 Å². The molecule has 1 radical (unpaired) electrons. The number of hydrogen-bond acceptors (Lipinski definition) is 1. The molecule has 1 aliphatic heterocycles. The van der Waals surface area contributed by atoms with Crippen molar-refractivity contribution in [2.45, 2.75) is 6.54 Å². The first-order valence-corrected chi connectivity index (χ1v) is 3.06. The lowest BCUT2D eigenvalue weighted by Gasteiger charge is -1.82. The van der Waals surface area contributed by atoms with Crippen LogP contribution in [0.15, 0.2) is 17.6 Å². The molecule has 0 N–H and O–H groups in total. The van der Waals surface area contributed by atoms with Gasteiger partial charge in [0.1, 0.15) is 6.54 Å². The molecule has 1 aromatic heterocycles. The van der Waals surface area contributed by atoms with E-state index in [1.165, 1.54) is 0 Å². The maximum Gasteiger partial charge on any atom is 0.307 e. The molecule has 0 aromatic carbocycles. The lowest BCUT2D eigenvalue weighted by Crippen LogP contribution is -2.36. The second kappa shape index (κ2) is 1.54. The van der Waals surface area contributed by atoms with Crippen molar-refractivity contribution in [3.63, 3.8) is 0 Å². The van der Waals surface area contributed by atoms with Gasteiger partial charge in [0, 0.05) is 0 Å². The molecule has 0 spiro atoms. The third kappa shape index (κ3) is 0.632. The summed E-state index contributed by atoms with van der Waals surface area (Å²) in [4.78, 5) is 4.87. The van der Waals surface area contributed by atoms with Crippen LogP contribution in [0.25, 0.3) is 6.20 Å². The molecule has 2 rings (SSSR count). The van der Waals surface area contributed by atoms with E-state index in [2.05, 4.69) is 4.98 Å². The highest BCUT2D eigenvalue weighted by Gasteiger charge is 2.13. The van der Waals surface area contributed by atoms with E-state index < -0.39 is 0 Å². The van der Waals surface area contributed by atoms with E-state index in [1.807, 2.05) is 15.6 Å². The molecule has 0 unspecified atom stereocenters. The van der Waals surface area contributed by atoms with Crippen LogP contribution in [-0.4, -0.2) is 9.67 Å². The molecule has 4 heteroatoms. The first-order chi connectivity index (χ1) is 4.36. The van der Waals surface area contributed by atoms with Crippen LogP contribution in [0, 0.1) is 0 Å². The van der Waals surface area contributed by atoms with Crippen molar-refractivity contribution >= 4 is 18.8 Å². The summed E-state index contributed by atoms with van der Waals surface area (Å²) in [5.41, 5.74) is 0. The Morgan fingerprint density at radius 3 is 3.44 bits per heavy atom. The highest BCUT2D eigenvalue weighted by Crippen LogP contribution is 2.05. The number of rotatable bonds is 0. The fourth-order valence-corrected chi connectivity index (χ4v) is 1.12. The van der Waals surface area contributed by atoms with Crippen molar-refractivity contribution < 1.29 is 4.68 Å². The third-order valence-electron chi connectivity index (χ3n) is 1.28. The van der Waals surface area contributed by atoms with Gasteiger partial charge in [-0.25, -0.2) is 0 Å². The summed E-state index contributed by atoms with van der Waals surface area (Å²) in [6, 6.07) is 0. The van der Waals surface area contributed by atoms with Gasteiger partial charge in [0.05, 0.1) is 11.1 Å². The second-order valence-corrected chi connectivity index (χ2v) is 2.48. The average molecular weight is 139 g/mol. The zero-order valence-electron chi connectivity index (χ0n) is 4.69. The Kier molecular flexibility index (Phi) is 0.843. The highest BCUT2D eigenvalue weighted by atomic mass is 32.1. The molecular formula is C5H5N3S+. The number of hydrogen-bond donors (Lipinski definition) is 0. The molecule has 9 heavy (non-hydrogen) atoms. The van der Waals surface area contributed by atoms with E-state index in [1.54, 1.807) is 12.7 Å². The molecule has 0 amide bonds. The standard InChI is InChI=1S/C5H5N3S/c9-5-1-7-3-6-4-8(7)2-5/h1,3-4H,2H2/q+1. The average Bonchev–Trinajstić information content (AvgIpc) is 2.22. The molecule has 1 aliphatic rings. The van der Waals surface area contributed by atoms with Gasteiger partial charge in [-0.2, -0.15) is 4.68 Å². The zero-order chi connectivity index (χ0) is 6.27. The summed E-state index contributed by atoms with van der Waals surface area (Å²) in [7, 11) is 0. The minimum atomic E-state index is 0.801. The predicted octanol–water partition coefficient (Wildman–Crippen LogP) is 0.180. The number of fused-ring (bicyclic) bond motifs is 1. The molecule has 1 aromatic rings. The first kappa shape index (κ1) is 4.93. The molecule has 0 atom stereocenters. The molecule has 0 saturated carbocycles. The van der Waals surface area contributed by atoms with Gasteiger partial charge < -0.3 is 0 Å². The van der Waals surface area contributed by atoms with Crippen molar-refractivity contribution in [1.29, 1.82) is 0 Å². The van der Waals surface area contributed by atoms with Crippen LogP contribution in [0.2, 0.25) is 0 Å². The van der Waals surface area contributed by atoms with E-state index in [0.717, 1.165) is 11.4 Å². The van der Waals surface area contributed by atoms with Gasteiger partial charge in [-0.05, 0) is 4.98 Å². The quantitative estimate of drug-likeness (QED) is 0.470. The van der Waals surface area contributed by atoms with E-state index in [4.69, 9.17) is 12.6 Å². The summed E-state index contributed by atoms with van der Waals surface area (Å²) in [5, 5.41) is 0. The molecular weight excluding hydrogens is 134 g/mol. The Labute approximate surface area is 58.0 Å². The SMILES string of the molecule is [S]C1=Cn2cnc[n+]2C1. The Morgan fingerprint density at radius 2 is 2.67 bits per heavy atom. The first-order valence-electron chi connectivity index (χ1n) is 2.65. The lowest BCUT2D eigenvalue weighted by atomic mass is 10.6. The summed E-state index contributed by atoms with van der Waals surface area (Å²) in [5.74, 6) is 0. The molecule has 45 valence electrons. The number of aromatic nitrogens is 3. The normalized spacial score (nSPS) is 15.3. The van der Waals surface area contributed by atoms with Crippen LogP contribution in [-0.2, 0) is 6.54 Å². The van der Waals surface area contributed by atoms with Gasteiger partial charge in [0.2, 0.25) is 6.33 Å². The summed E-state index contributed by atoms with van der Waals surface area (Å²) < 4.78 is 3.82. The van der Waals surface area contributed by atoms with Crippen LogP contribution in [0.1, 0.15) is 0 Å². The Bertz CT molecular complexity index is 263. The predicted molar refractivity (Wildman–Crippen MR) is 34.3 cm³/mol. The van der Waals surface area contributed by atoms with Gasteiger partial charge in [-0.15, -0.1) is 4.68 Å². The summed E-state index contributed by atoms with van der Waals surface area (Å²) in [6.45, 7) is 0.801. The molecule has 3 nitrogen and oxygen atoms in total. The van der Waals surface area contributed by atoms with Crippen molar-refractivity contribution in [3.05, 3.63) is 17.6 Å². The molecule has 0 fully saturated rings. The molecule has 0 saturated heterocycles. The molecule has 0 bridgehead atoms. The Morgan fingerprint density at radius 1 is 1.78 bits per heavy atom. The van der Waals surface area contributed by atoms with Crippen LogP contribution >= 0.6 is 12.6 Å². The van der Waals surface area contributed by atoms with Crippen LogP contribution < -0.4 is 4.68 Å².